The number of fused-ring (bicyclic) bond motifs is 2. The van der Waals surface area contributed by atoms with Gasteiger partial charge in [-0.3, -0.25) is 4.79 Å². The maximum atomic E-state index is 13.6. The fourth-order valence-electron chi connectivity index (χ4n) is 3.69. The number of benzene rings is 1. The Morgan fingerprint density at radius 1 is 1.38 bits per heavy atom. The number of nitrogens with two attached hydrogens (primary N) is 2. The Labute approximate surface area is 139 Å². The second-order valence-electron chi connectivity index (χ2n) is 6.56. The van der Waals surface area contributed by atoms with Crippen molar-refractivity contribution in [3.63, 3.8) is 0 Å². The fraction of sp³-hybridized carbons (Fsp3) is 0.412. The van der Waals surface area contributed by atoms with Crippen LogP contribution in [-0.2, 0) is 12.8 Å². The molecule has 0 bridgehead atoms. The Bertz CT molecular complexity index is 816. The number of anilines is 2. The largest absolute Gasteiger partial charge is 0.385 e. The molecule has 0 fully saturated rings. The third-order valence-corrected chi connectivity index (χ3v) is 4.97. The average molecular weight is 329 g/mol. The number of hydrogen-bond acceptors (Lipinski definition) is 5. The van der Waals surface area contributed by atoms with Crippen LogP contribution in [-0.4, -0.2) is 28.3 Å². The van der Waals surface area contributed by atoms with Crippen LogP contribution in [0.4, 0.5) is 15.9 Å². The van der Waals surface area contributed by atoms with E-state index in [4.69, 9.17) is 11.5 Å². The molecule has 1 aromatic carbocycles. The van der Waals surface area contributed by atoms with Crippen LogP contribution in [0.2, 0.25) is 0 Å². The summed E-state index contributed by atoms with van der Waals surface area (Å²) in [5, 5.41) is 7.62. The monoisotopic (exact) mass is 329 g/mol. The number of carbonyl (C=O) groups is 1. The quantitative estimate of drug-likeness (QED) is 0.739. The molecule has 7 heteroatoms. The fourth-order valence-corrected chi connectivity index (χ4v) is 3.69. The van der Waals surface area contributed by atoms with E-state index in [1.54, 1.807) is 6.07 Å². The number of nitrogens with zero attached hydrogens (tertiary/aromatic N) is 2. The van der Waals surface area contributed by atoms with Crippen LogP contribution in [0.15, 0.2) is 18.2 Å². The number of hydrogen-bond donors (Lipinski definition) is 3. The molecule has 0 radical (unpaired) electrons. The molecule has 2 heterocycles. The first kappa shape index (κ1) is 15.1. The van der Waals surface area contributed by atoms with Gasteiger partial charge in [0.2, 0.25) is 0 Å². The topological polar surface area (TPSA) is 99.0 Å². The Hall–Kier alpha value is -2.41. The van der Waals surface area contributed by atoms with Gasteiger partial charge in [-0.1, -0.05) is 0 Å². The average Bonchev–Trinajstić information content (AvgIpc) is 2.89. The molecule has 0 saturated heterocycles. The molecule has 1 aliphatic heterocycles. The summed E-state index contributed by atoms with van der Waals surface area (Å²) in [7, 11) is 0. The number of halogens is 1. The molecule has 126 valence electrons. The van der Waals surface area contributed by atoms with Gasteiger partial charge in [0.05, 0.1) is 11.6 Å². The summed E-state index contributed by atoms with van der Waals surface area (Å²) in [5.74, 6) is -0.606. The van der Waals surface area contributed by atoms with E-state index >= 15 is 0 Å². The van der Waals surface area contributed by atoms with Gasteiger partial charge in [-0.05, 0) is 43.0 Å². The van der Waals surface area contributed by atoms with E-state index < -0.39 is 5.92 Å². The van der Waals surface area contributed by atoms with Crippen molar-refractivity contribution in [2.75, 3.05) is 17.6 Å². The molecular weight excluding hydrogens is 309 g/mol. The van der Waals surface area contributed by atoms with E-state index in [0.29, 0.717) is 30.8 Å². The molecule has 2 aliphatic rings. The molecule has 6 nitrogen and oxygen atoms in total. The summed E-state index contributed by atoms with van der Waals surface area (Å²) in [6.07, 6.45) is 2.81. The SMILES string of the molecule is Nc1c2c(nn1C(=O)[C@H]1CCNc3ccc(F)cc31)CC(N)CC2. The molecule has 1 aliphatic carbocycles. The molecule has 1 aromatic heterocycles. The van der Waals surface area contributed by atoms with Crippen LogP contribution < -0.4 is 16.8 Å². The van der Waals surface area contributed by atoms with Crippen LogP contribution in [0, 0.1) is 5.82 Å². The number of nitrogens with one attached hydrogen (secondary N) is 1. The Morgan fingerprint density at radius 3 is 3.04 bits per heavy atom. The summed E-state index contributed by atoms with van der Waals surface area (Å²) in [6.45, 7) is 0.654. The summed E-state index contributed by atoms with van der Waals surface area (Å²) in [6, 6.07) is 4.53. The zero-order chi connectivity index (χ0) is 16.8. The molecule has 24 heavy (non-hydrogen) atoms. The highest BCUT2D eigenvalue weighted by Crippen LogP contribution is 2.35. The zero-order valence-corrected chi connectivity index (χ0v) is 13.3. The lowest BCUT2D eigenvalue weighted by Gasteiger charge is -2.25. The van der Waals surface area contributed by atoms with Gasteiger partial charge in [0.25, 0.3) is 5.91 Å². The van der Waals surface area contributed by atoms with Gasteiger partial charge in [-0.15, -0.1) is 0 Å². The van der Waals surface area contributed by atoms with Gasteiger partial charge in [0.15, 0.2) is 0 Å². The van der Waals surface area contributed by atoms with Crippen LogP contribution in [0.25, 0.3) is 0 Å². The van der Waals surface area contributed by atoms with Gasteiger partial charge in [0, 0.05) is 30.3 Å². The lowest BCUT2D eigenvalue weighted by molar-refractivity contribution is 0.0859. The maximum Gasteiger partial charge on any atom is 0.256 e. The number of nitrogen functional groups attached to an aromatic ring is 1. The van der Waals surface area contributed by atoms with Gasteiger partial charge >= 0.3 is 0 Å². The molecule has 0 amide bonds. The van der Waals surface area contributed by atoms with Crippen LogP contribution >= 0.6 is 0 Å². The maximum absolute atomic E-state index is 13.6. The van der Waals surface area contributed by atoms with E-state index in [1.165, 1.54) is 16.8 Å². The summed E-state index contributed by atoms with van der Waals surface area (Å²) in [4.78, 5) is 13.0. The third-order valence-electron chi connectivity index (χ3n) is 4.97. The highest BCUT2D eigenvalue weighted by Gasteiger charge is 2.32. The lowest BCUT2D eigenvalue weighted by Crippen LogP contribution is -2.28. The van der Waals surface area contributed by atoms with E-state index in [2.05, 4.69) is 10.4 Å². The first-order chi connectivity index (χ1) is 11.5. The summed E-state index contributed by atoms with van der Waals surface area (Å²) in [5.41, 5.74) is 15.4. The first-order valence-corrected chi connectivity index (χ1v) is 8.24. The molecule has 5 N–H and O–H groups in total. The van der Waals surface area contributed by atoms with E-state index in [1.807, 2.05) is 0 Å². The van der Waals surface area contributed by atoms with Gasteiger partial charge in [0.1, 0.15) is 11.6 Å². The van der Waals surface area contributed by atoms with Crippen molar-refractivity contribution in [2.45, 2.75) is 37.6 Å². The van der Waals surface area contributed by atoms with Gasteiger partial charge < -0.3 is 16.8 Å². The van der Waals surface area contributed by atoms with Crippen molar-refractivity contribution in [1.29, 1.82) is 0 Å². The Kier molecular flexibility index (Phi) is 3.53. The van der Waals surface area contributed by atoms with Crippen molar-refractivity contribution >= 4 is 17.4 Å². The molecule has 4 rings (SSSR count). The molecular formula is C17H20FN5O. The minimum Gasteiger partial charge on any atom is -0.385 e. The standard InChI is InChI=1S/C17H20FN5O/c18-9-1-4-14-13(7-9)11(5-6-21-14)17(24)23-16(20)12-3-2-10(19)8-15(12)22-23/h1,4,7,10-11,21H,2-3,5-6,8,19-20H2/t10?,11-/m0/s1. The third kappa shape index (κ3) is 2.36. The molecule has 2 atom stereocenters. The molecule has 0 saturated carbocycles. The van der Waals surface area contributed by atoms with E-state index in [0.717, 1.165) is 29.8 Å². The van der Waals surface area contributed by atoms with Crippen molar-refractivity contribution in [2.24, 2.45) is 5.73 Å². The number of carbonyl (C=O) groups excluding carboxylic acids is 1. The van der Waals surface area contributed by atoms with Crippen LogP contribution in [0.3, 0.4) is 0 Å². The minimum atomic E-state index is -0.450. The smallest absolute Gasteiger partial charge is 0.256 e. The van der Waals surface area contributed by atoms with Crippen molar-refractivity contribution in [3.8, 4) is 0 Å². The van der Waals surface area contributed by atoms with Crippen molar-refractivity contribution in [1.82, 2.24) is 9.78 Å². The summed E-state index contributed by atoms with van der Waals surface area (Å²) < 4.78 is 14.9. The second kappa shape index (κ2) is 5.59. The van der Waals surface area contributed by atoms with E-state index in [9.17, 15) is 9.18 Å². The molecule has 1 unspecified atom stereocenters. The van der Waals surface area contributed by atoms with Crippen molar-refractivity contribution in [3.05, 3.63) is 40.8 Å². The lowest BCUT2D eigenvalue weighted by atomic mass is 9.90. The minimum absolute atomic E-state index is 0.0593. The van der Waals surface area contributed by atoms with Crippen LogP contribution in [0.5, 0.6) is 0 Å². The van der Waals surface area contributed by atoms with Crippen molar-refractivity contribution < 1.29 is 9.18 Å². The van der Waals surface area contributed by atoms with Gasteiger partial charge in [-0.2, -0.15) is 9.78 Å². The molecule has 0 spiro atoms. The predicted molar refractivity (Wildman–Crippen MR) is 89.5 cm³/mol. The predicted octanol–water partition coefficient (Wildman–Crippen LogP) is 1.66. The zero-order valence-electron chi connectivity index (χ0n) is 13.3. The van der Waals surface area contributed by atoms with Gasteiger partial charge in [-0.25, -0.2) is 4.39 Å². The van der Waals surface area contributed by atoms with E-state index in [-0.39, 0.29) is 17.8 Å². The Balaban J connectivity index is 1.72. The number of aromatic nitrogens is 2. The normalized spacial score (nSPS) is 22.4. The van der Waals surface area contributed by atoms with Crippen LogP contribution in [0.1, 0.15) is 40.4 Å². The number of rotatable bonds is 1. The summed E-state index contributed by atoms with van der Waals surface area (Å²) >= 11 is 0. The highest BCUT2D eigenvalue weighted by atomic mass is 19.1. The highest BCUT2D eigenvalue weighted by molar-refractivity contribution is 5.90. The second-order valence-corrected chi connectivity index (χ2v) is 6.56. The molecule has 2 aromatic rings. The Morgan fingerprint density at radius 2 is 2.21 bits per heavy atom. The first-order valence-electron chi connectivity index (χ1n) is 8.24.